The fourth-order valence-corrected chi connectivity index (χ4v) is 3.32. The third-order valence-corrected chi connectivity index (χ3v) is 4.82. The molecule has 12 nitrogen and oxygen atoms in total. The van der Waals surface area contributed by atoms with E-state index in [1.807, 2.05) is 12.2 Å². The van der Waals surface area contributed by atoms with Crippen LogP contribution < -0.4 is 20.7 Å². The highest BCUT2D eigenvalue weighted by atomic mass is 19.1. The SMILES string of the molecule is [B]C(O)(O)NC(=O)c1cnc(Nc2ccc(F)cn2)cc1Nc1ncc2cnn(CC)c2c1OC. The molecule has 14 heteroatoms. The molecule has 0 atom stereocenters. The molecule has 0 aliphatic rings. The van der Waals surface area contributed by atoms with E-state index in [0.717, 1.165) is 11.6 Å². The Balaban J connectivity index is 1.77. The molecule has 4 rings (SSSR count). The number of nitrogens with zero attached hydrogens (tertiary/aromatic N) is 5. The summed E-state index contributed by atoms with van der Waals surface area (Å²) in [4.78, 5) is 25.1. The number of carbonyl (C=O) groups excluding carboxylic acids is 1. The van der Waals surface area contributed by atoms with E-state index in [9.17, 15) is 19.4 Å². The van der Waals surface area contributed by atoms with Crippen LogP contribution >= 0.6 is 0 Å². The second kappa shape index (κ2) is 9.52. The van der Waals surface area contributed by atoms with Crippen molar-refractivity contribution in [3.8, 4) is 5.75 Å². The number of hydrogen-bond donors (Lipinski definition) is 5. The molecule has 35 heavy (non-hydrogen) atoms. The van der Waals surface area contributed by atoms with Gasteiger partial charge in [0.05, 0.1) is 30.8 Å². The Morgan fingerprint density at radius 3 is 2.57 bits per heavy atom. The maximum atomic E-state index is 13.2. The number of amides is 1. The first-order chi connectivity index (χ1) is 16.7. The van der Waals surface area contributed by atoms with E-state index in [1.165, 1.54) is 31.5 Å². The number of anilines is 4. The van der Waals surface area contributed by atoms with Crippen molar-refractivity contribution < 1.29 is 24.1 Å². The lowest BCUT2D eigenvalue weighted by atomic mass is 10.0. The van der Waals surface area contributed by atoms with Gasteiger partial charge < -0.3 is 30.9 Å². The first-order valence-corrected chi connectivity index (χ1v) is 10.3. The summed E-state index contributed by atoms with van der Waals surface area (Å²) in [5.41, 5.74) is 0.765. The van der Waals surface area contributed by atoms with E-state index in [1.54, 1.807) is 17.1 Å². The summed E-state index contributed by atoms with van der Waals surface area (Å²) in [7, 11) is 6.57. The lowest BCUT2D eigenvalue weighted by Crippen LogP contribution is -2.49. The van der Waals surface area contributed by atoms with Gasteiger partial charge in [-0.3, -0.25) is 9.48 Å². The molecule has 0 aliphatic carbocycles. The van der Waals surface area contributed by atoms with Gasteiger partial charge in [-0.2, -0.15) is 5.10 Å². The fourth-order valence-electron chi connectivity index (χ4n) is 3.32. The fraction of sp³-hybridized carbons (Fsp3) is 0.190. The van der Waals surface area contributed by atoms with E-state index in [2.05, 4.69) is 30.7 Å². The topological polar surface area (TPSA) is 159 Å². The molecule has 5 N–H and O–H groups in total. The number of rotatable bonds is 8. The zero-order valence-electron chi connectivity index (χ0n) is 18.7. The zero-order valence-corrected chi connectivity index (χ0v) is 18.7. The van der Waals surface area contributed by atoms with E-state index in [4.69, 9.17) is 12.6 Å². The number of methoxy groups -OCH3 is 1. The molecule has 0 unspecified atom stereocenters. The lowest BCUT2D eigenvalue weighted by molar-refractivity contribution is -0.102. The first kappa shape index (κ1) is 23.8. The van der Waals surface area contributed by atoms with E-state index in [0.29, 0.717) is 23.6 Å². The second-order valence-electron chi connectivity index (χ2n) is 7.31. The number of fused-ring (bicyclic) bond motifs is 1. The summed E-state index contributed by atoms with van der Waals surface area (Å²) in [6, 6.07) is 4.09. The molecule has 178 valence electrons. The quantitative estimate of drug-likeness (QED) is 0.185. The van der Waals surface area contributed by atoms with E-state index in [-0.39, 0.29) is 22.9 Å². The van der Waals surface area contributed by atoms with Crippen LogP contribution in [0, 0.1) is 5.82 Å². The average Bonchev–Trinajstić information content (AvgIpc) is 3.23. The van der Waals surface area contributed by atoms with Gasteiger partial charge >= 0.3 is 0 Å². The van der Waals surface area contributed by atoms with Crippen molar-refractivity contribution >= 4 is 47.8 Å². The standard InChI is InChI=1S/C21H20BFN8O4/c1-3-31-17-11(8-27-31)7-26-19(18(17)35-2)28-14-6-16(29-15-5-4-12(23)9-24-15)25-10-13(14)20(32)30-21(22,33)34/h4-10,33-34H,3H2,1-2H3,(H,30,32)(H2,24,25,26,28,29). The Labute approximate surface area is 199 Å². The number of hydrogen-bond acceptors (Lipinski definition) is 10. The Morgan fingerprint density at radius 2 is 1.91 bits per heavy atom. The Kier molecular flexibility index (Phi) is 6.49. The summed E-state index contributed by atoms with van der Waals surface area (Å²) in [6.45, 7) is 2.51. The number of pyridine rings is 3. The Bertz CT molecular complexity index is 1370. The third kappa shape index (κ3) is 5.28. The van der Waals surface area contributed by atoms with Crippen LogP contribution in [-0.4, -0.2) is 61.6 Å². The average molecular weight is 478 g/mol. The number of aliphatic hydroxyl groups is 2. The second-order valence-corrected chi connectivity index (χ2v) is 7.31. The van der Waals surface area contributed by atoms with Gasteiger partial charge in [-0.25, -0.2) is 19.3 Å². The minimum Gasteiger partial charge on any atom is -0.491 e. The summed E-state index contributed by atoms with van der Waals surface area (Å²) >= 11 is 0. The number of halogens is 1. The van der Waals surface area contributed by atoms with Gasteiger partial charge in [0.2, 0.25) is 0 Å². The molecule has 0 fully saturated rings. The first-order valence-electron chi connectivity index (χ1n) is 10.3. The molecule has 2 radical (unpaired) electrons. The van der Waals surface area contributed by atoms with Crippen molar-refractivity contribution in [2.75, 3.05) is 17.7 Å². The Morgan fingerprint density at radius 1 is 1.14 bits per heavy atom. The van der Waals surface area contributed by atoms with Gasteiger partial charge in [0.15, 0.2) is 25.2 Å². The van der Waals surface area contributed by atoms with Crippen LogP contribution in [-0.2, 0) is 6.54 Å². The normalized spacial score (nSPS) is 11.3. The molecule has 0 bridgehead atoms. The third-order valence-electron chi connectivity index (χ3n) is 4.82. The Hall–Kier alpha value is -4.30. The van der Waals surface area contributed by atoms with Crippen LogP contribution in [0.3, 0.4) is 0 Å². The smallest absolute Gasteiger partial charge is 0.258 e. The maximum Gasteiger partial charge on any atom is 0.258 e. The molecule has 0 aromatic carbocycles. The molecular formula is C21H20BFN8O4. The van der Waals surface area contributed by atoms with Crippen molar-refractivity contribution in [1.82, 2.24) is 30.0 Å². The number of aryl methyl sites for hydroxylation is 1. The maximum absolute atomic E-state index is 13.2. The molecule has 4 aromatic rings. The number of carbonyl (C=O) groups is 1. The highest BCUT2D eigenvalue weighted by Crippen LogP contribution is 2.34. The van der Waals surface area contributed by atoms with Gasteiger partial charge in [0, 0.05) is 30.4 Å². The van der Waals surface area contributed by atoms with Crippen molar-refractivity contribution in [3.05, 3.63) is 54.4 Å². The van der Waals surface area contributed by atoms with Crippen molar-refractivity contribution in [2.45, 2.75) is 19.3 Å². The van der Waals surface area contributed by atoms with Crippen molar-refractivity contribution in [2.24, 2.45) is 0 Å². The monoisotopic (exact) mass is 478 g/mol. The zero-order chi connectivity index (χ0) is 25.2. The van der Waals surface area contributed by atoms with Gasteiger partial charge in [-0.15, -0.1) is 0 Å². The van der Waals surface area contributed by atoms with Crippen LogP contribution in [0.4, 0.5) is 27.5 Å². The van der Waals surface area contributed by atoms with Crippen LogP contribution in [0.5, 0.6) is 5.75 Å². The molecule has 1 amide bonds. The predicted molar refractivity (Wildman–Crippen MR) is 125 cm³/mol. The van der Waals surface area contributed by atoms with Crippen molar-refractivity contribution in [3.63, 3.8) is 0 Å². The van der Waals surface area contributed by atoms with Crippen molar-refractivity contribution in [1.29, 1.82) is 0 Å². The molecule has 0 aliphatic heterocycles. The lowest BCUT2D eigenvalue weighted by Gasteiger charge is -2.20. The summed E-state index contributed by atoms with van der Waals surface area (Å²) in [5.74, 6) is -3.21. The largest absolute Gasteiger partial charge is 0.491 e. The van der Waals surface area contributed by atoms with Gasteiger partial charge in [-0.1, -0.05) is 0 Å². The molecule has 4 heterocycles. The number of ether oxygens (including phenoxy) is 1. The molecule has 0 saturated heterocycles. The van der Waals surface area contributed by atoms with Crippen LogP contribution in [0.15, 0.2) is 43.0 Å². The van der Waals surface area contributed by atoms with E-state index >= 15 is 0 Å². The molecule has 4 aromatic heterocycles. The highest BCUT2D eigenvalue weighted by Gasteiger charge is 2.23. The molecule has 0 saturated carbocycles. The predicted octanol–water partition coefficient (Wildman–Crippen LogP) is 1.37. The minimum atomic E-state index is -2.95. The molecular weight excluding hydrogens is 458 g/mol. The number of nitrogens with one attached hydrogen (secondary N) is 3. The summed E-state index contributed by atoms with van der Waals surface area (Å²) < 4.78 is 20.5. The van der Waals surface area contributed by atoms with Crippen LogP contribution in [0.2, 0.25) is 0 Å². The summed E-state index contributed by atoms with van der Waals surface area (Å²) in [5, 5.41) is 31.6. The van der Waals surface area contributed by atoms with Crippen LogP contribution in [0.1, 0.15) is 17.3 Å². The van der Waals surface area contributed by atoms with Gasteiger partial charge in [-0.05, 0) is 19.1 Å². The summed E-state index contributed by atoms with van der Waals surface area (Å²) in [6.07, 6.45) is 5.46. The van der Waals surface area contributed by atoms with Gasteiger partial charge in [0.25, 0.3) is 5.91 Å². The van der Waals surface area contributed by atoms with E-state index < -0.39 is 17.5 Å². The minimum absolute atomic E-state index is 0.0894. The number of aromatic nitrogens is 5. The van der Waals surface area contributed by atoms with Crippen LogP contribution in [0.25, 0.3) is 10.9 Å². The highest BCUT2D eigenvalue weighted by molar-refractivity contribution is 6.15. The molecule has 0 spiro atoms. The van der Waals surface area contributed by atoms with Gasteiger partial charge in [0.1, 0.15) is 23.0 Å².